The van der Waals surface area contributed by atoms with E-state index in [4.69, 9.17) is 4.74 Å². The predicted molar refractivity (Wildman–Crippen MR) is 127 cm³/mol. The molecule has 3 aliphatic heterocycles. The van der Waals surface area contributed by atoms with Gasteiger partial charge in [0.05, 0.1) is 11.8 Å². The molecule has 34 heavy (non-hydrogen) atoms. The second-order valence-corrected chi connectivity index (χ2v) is 10.7. The summed E-state index contributed by atoms with van der Waals surface area (Å²) in [7, 11) is 0. The quantitative estimate of drug-likeness (QED) is 0.538. The minimum absolute atomic E-state index is 0.0172. The molecule has 3 aliphatic rings. The Morgan fingerprint density at radius 3 is 2.21 bits per heavy atom. The van der Waals surface area contributed by atoms with Crippen molar-refractivity contribution in [1.29, 1.82) is 0 Å². The normalized spacial score (nSPS) is 24.2. The van der Waals surface area contributed by atoms with Crippen LogP contribution in [0.15, 0.2) is 24.3 Å². The van der Waals surface area contributed by atoms with Crippen molar-refractivity contribution in [1.82, 2.24) is 10.2 Å². The number of amides is 3. The van der Waals surface area contributed by atoms with Crippen LogP contribution in [0, 0.1) is 11.8 Å². The van der Waals surface area contributed by atoms with E-state index in [9.17, 15) is 19.2 Å². The van der Waals surface area contributed by atoms with Gasteiger partial charge in [0, 0.05) is 44.2 Å². The number of benzene rings is 1. The number of rotatable bonds is 4. The van der Waals surface area contributed by atoms with Crippen LogP contribution in [-0.4, -0.2) is 60.4 Å². The van der Waals surface area contributed by atoms with Gasteiger partial charge in [-0.15, -0.1) is 0 Å². The van der Waals surface area contributed by atoms with Gasteiger partial charge in [-0.1, -0.05) is 12.1 Å². The van der Waals surface area contributed by atoms with Crippen molar-refractivity contribution in [2.45, 2.75) is 64.4 Å². The molecule has 1 aromatic carbocycles. The van der Waals surface area contributed by atoms with Crippen LogP contribution in [0.3, 0.4) is 0 Å². The van der Waals surface area contributed by atoms with Crippen LogP contribution in [0.2, 0.25) is 0 Å². The summed E-state index contributed by atoms with van der Waals surface area (Å²) in [5, 5.41) is 2.41. The first-order valence-corrected chi connectivity index (χ1v) is 12.3. The molecule has 0 aromatic heterocycles. The fourth-order valence-corrected chi connectivity index (χ4v) is 5.11. The molecular formula is C26H35N3O5. The highest BCUT2D eigenvalue weighted by Crippen LogP contribution is 2.30. The fourth-order valence-electron chi connectivity index (χ4n) is 5.11. The van der Waals surface area contributed by atoms with E-state index in [2.05, 4.69) is 10.2 Å². The zero-order chi connectivity index (χ0) is 24.5. The number of ether oxygens (including phenoxy) is 1. The largest absolute Gasteiger partial charge is 0.460 e. The van der Waals surface area contributed by atoms with Gasteiger partial charge in [-0.25, -0.2) is 0 Å². The third-order valence-corrected chi connectivity index (χ3v) is 6.98. The van der Waals surface area contributed by atoms with Gasteiger partial charge in [0.1, 0.15) is 5.60 Å². The SMILES string of the molecule is CC(C)(C)OC(=O)[C@H]1CCN(C(=O)C2CCN(c3ccc(C4CCC(=O)NC4=O)cc3)CC2)C1. The van der Waals surface area contributed by atoms with E-state index >= 15 is 0 Å². The number of likely N-dealkylation sites (tertiary alicyclic amines) is 1. The summed E-state index contributed by atoms with van der Waals surface area (Å²) in [5.41, 5.74) is 1.49. The van der Waals surface area contributed by atoms with Crippen molar-refractivity contribution in [2.75, 3.05) is 31.1 Å². The van der Waals surface area contributed by atoms with E-state index in [0.717, 1.165) is 37.2 Å². The molecule has 2 atom stereocenters. The van der Waals surface area contributed by atoms with Crippen LogP contribution < -0.4 is 10.2 Å². The van der Waals surface area contributed by atoms with Crippen molar-refractivity contribution in [2.24, 2.45) is 11.8 Å². The van der Waals surface area contributed by atoms with E-state index in [-0.39, 0.29) is 41.4 Å². The molecule has 0 aliphatic carbocycles. The van der Waals surface area contributed by atoms with Crippen LogP contribution >= 0.6 is 0 Å². The second-order valence-electron chi connectivity index (χ2n) is 10.7. The maximum Gasteiger partial charge on any atom is 0.311 e. The Morgan fingerprint density at radius 1 is 0.941 bits per heavy atom. The summed E-state index contributed by atoms with van der Waals surface area (Å²) in [6, 6.07) is 7.97. The molecule has 3 amide bonds. The lowest BCUT2D eigenvalue weighted by Gasteiger charge is -2.34. The topological polar surface area (TPSA) is 96.0 Å². The number of hydrogen-bond acceptors (Lipinski definition) is 6. The van der Waals surface area contributed by atoms with Crippen LogP contribution in [0.4, 0.5) is 5.69 Å². The van der Waals surface area contributed by atoms with E-state index in [0.29, 0.717) is 32.4 Å². The number of hydrogen-bond donors (Lipinski definition) is 1. The smallest absolute Gasteiger partial charge is 0.311 e. The number of piperidine rings is 2. The van der Waals surface area contributed by atoms with E-state index < -0.39 is 5.60 Å². The zero-order valence-electron chi connectivity index (χ0n) is 20.3. The predicted octanol–water partition coefficient (Wildman–Crippen LogP) is 2.61. The highest BCUT2D eigenvalue weighted by Gasteiger charge is 2.37. The summed E-state index contributed by atoms with van der Waals surface area (Å²) in [5.74, 6) is -1.01. The maximum atomic E-state index is 13.1. The van der Waals surface area contributed by atoms with Gasteiger partial charge in [0.15, 0.2) is 0 Å². The van der Waals surface area contributed by atoms with E-state index in [1.807, 2.05) is 49.9 Å². The Morgan fingerprint density at radius 2 is 1.59 bits per heavy atom. The van der Waals surface area contributed by atoms with Gasteiger partial charge < -0.3 is 14.5 Å². The number of esters is 1. The third-order valence-electron chi connectivity index (χ3n) is 6.98. The number of carbonyl (C=O) groups is 4. The Kier molecular flexibility index (Phi) is 6.96. The first kappa shape index (κ1) is 24.2. The zero-order valence-corrected chi connectivity index (χ0v) is 20.3. The first-order chi connectivity index (χ1) is 16.1. The minimum atomic E-state index is -0.512. The average Bonchev–Trinajstić information content (AvgIpc) is 3.28. The molecule has 184 valence electrons. The highest BCUT2D eigenvalue weighted by molar-refractivity contribution is 6.00. The van der Waals surface area contributed by atoms with Crippen molar-refractivity contribution in [3.63, 3.8) is 0 Å². The van der Waals surface area contributed by atoms with Gasteiger partial charge in [-0.3, -0.25) is 24.5 Å². The van der Waals surface area contributed by atoms with Crippen molar-refractivity contribution in [3.05, 3.63) is 29.8 Å². The fraction of sp³-hybridized carbons (Fsp3) is 0.615. The summed E-state index contributed by atoms with van der Waals surface area (Å²) in [6.45, 7) is 8.23. The molecule has 3 saturated heterocycles. The lowest BCUT2D eigenvalue weighted by atomic mass is 9.90. The Balaban J connectivity index is 1.27. The molecule has 8 heteroatoms. The van der Waals surface area contributed by atoms with Crippen LogP contribution in [-0.2, 0) is 23.9 Å². The Bertz CT molecular complexity index is 944. The van der Waals surface area contributed by atoms with Gasteiger partial charge in [-0.2, -0.15) is 0 Å². The Labute approximate surface area is 201 Å². The van der Waals surface area contributed by atoms with Crippen molar-refractivity contribution < 1.29 is 23.9 Å². The summed E-state index contributed by atoms with van der Waals surface area (Å²) < 4.78 is 5.50. The lowest BCUT2D eigenvalue weighted by Crippen LogP contribution is -2.42. The van der Waals surface area contributed by atoms with E-state index in [1.165, 1.54) is 0 Å². The van der Waals surface area contributed by atoms with Crippen LogP contribution in [0.1, 0.15) is 64.4 Å². The molecule has 4 rings (SSSR count). The highest BCUT2D eigenvalue weighted by atomic mass is 16.6. The second kappa shape index (κ2) is 9.76. The molecule has 0 bridgehead atoms. The number of nitrogens with one attached hydrogen (secondary N) is 1. The molecule has 1 N–H and O–H groups in total. The molecule has 3 fully saturated rings. The van der Waals surface area contributed by atoms with Gasteiger partial charge in [-0.05, 0) is 64.2 Å². The summed E-state index contributed by atoms with van der Waals surface area (Å²) in [6.07, 6.45) is 3.14. The minimum Gasteiger partial charge on any atom is -0.460 e. The number of imide groups is 1. The Hall–Kier alpha value is -2.90. The average molecular weight is 470 g/mol. The number of nitrogens with zero attached hydrogens (tertiary/aromatic N) is 2. The van der Waals surface area contributed by atoms with Crippen molar-refractivity contribution in [3.8, 4) is 0 Å². The third kappa shape index (κ3) is 5.59. The molecule has 8 nitrogen and oxygen atoms in total. The summed E-state index contributed by atoms with van der Waals surface area (Å²) in [4.78, 5) is 53.0. The van der Waals surface area contributed by atoms with Gasteiger partial charge in [0.2, 0.25) is 17.7 Å². The summed E-state index contributed by atoms with van der Waals surface area (Å²) >= 11 is 0. The van der Waals surface area contributed by atoms with Gasteiger partial charge in [0.25, 0.3) is 0 Å². The first-order valence-electron chi connectivity index (χ1n) is 12.3. The lowest BCUT2D eigenvalue weighted by molar-refractivity contribution is -0.159. The van der Waals surface area contributed by atoms with Gasteiger partial charge >= 0.3 is 5.97 Å². The number of anilines is 1. The molecule has 3 heterocycles. The standard InChI is InChI=1S/C26H35N3O5/c1-26(2,3)34-25(33)19-12-15-29(16-19)24(32)18-10-13-28(14-11-18)20-6-4-17(5-7-20)21-8-9-22(30)27-23(21)31/h4-7,18-19,21H,8-16H2,1-3H3,(H,27,30,31)/t19-,21?/m0/s1. The molecule has 1 unspecified atom stereocenters. The molecule has 1 aromatic rings. The number of carbonyl (C=O) groups excluding carboxylic acids is 4. The van der Waals surface area contributed by atoms with Crippen LogP contribution in [0.5, 0.6) is 0 Å². The van der Waals surface area contributed by atoms with Crippen molar-refractivity contribution >= 4 is 29.4 Å². The van der Waals surface area contributed by atoms with E-state index in [1.54, 1.807) is 0 Å². The maximum absolute atomic E-state index is 13.1. The molecular weight excluding hydrogens is 434 g/mol. The molecule has 0 radical (unpaired) electrons. The van der Waals surface area contributed by atoms with Crippen LogP contribution in [0.25, 0.3) is 0 Å². The monoisotopic (exact) mass is 469 g/mol. The molecule has 0 spiro atoms. The molecule has 0 saturated carbocycles.